The standard InChI is InChI=1S/C21H27N5O2/c1-2-3-4-5-12-25-13-14-26(21(28)20(25)27)15-17-6-8-18(9-7-17)24-19-10-11-22-16-23-19/h6-11,16H,2-5,12-15H2,1H3,(H,22,23,24). The number of carbonyl (C=O) groups is 2. The Morgan fingerprint density at radius 3 is 2.43 bits per heavy atom. The maximum Gasteiger partial charge on any atom is 0.312 e. The summed E-state index contributed by atoms with van der Waals surface area (Å²) in [5.41, 5.74) is 1.90. The summed E-state index contributed by atoms with van der Waals surface area (Å²) in [5.74, 6) is -0.0479. The fourth-order valence-corrected chi connectivity index (χ4v) is 3.24. The van der Waals surface area contributed by atoms with Crippen molar-refractivity contribution in [2.45, 2.75) is 39.2 Å². The lowest BCUT2D eigenvalue weighted by Crippen LogP contribution is -2.54. The Balaban J connectivity index is 1.51. The highest BCUT2D eigenvalue weighted by atomic mass is 16.2. The van der Waals surface area contributed by atoms with Crippen LogP contribution in [0.4, 0.5) is 11.5 Å². The number of carbonyl (C=O) groups excluding carboxylic acids is 2. The van der Waals surface area contributed by atoms with Crippen molar-refractivity contribution in [3.8, 4) is 0 Å². The SMILES string of the molecule is CCCCCCN1CCN(Cc2ccc(Nc3ccncn3)cc2)C(=O)C1=O. The summed E-state index contributed by atoms with van der Waals surface area (Å²) in [6, 6.07) is 9.58. The molecule has 0 unspecified atom stereocenters. The van der Waals surface area contributed by atoms with Crippen molar-refractivity contribution in [2.75, 3.05) is 25.0 Å². The first-order chi connectivity index (χ1) is 13.7. The van der Waals surface area contributed by atoms with E-state index >= 15 is 0 Å². The van der Waals surface area contributed by atoms with Crippen molar-refractivity contribution in [2.24, 2.45) is 0 Å². The van der Waals surface area contributed by atoms with E-state index in [1.165, 1.54) is 12.7 Å². The summed E-state index contributed by atoms with van der Waals surface area (Å²) in [6.07, 6.45) is 7.57. The average Bonchev–Trinajstić information content (AvgIpc) is 2.72. The average molecular weight is 381 g/mol. The summed E-state index contributed by atoms with van der Waals surface area (Å²) in [4.78, 5) is 36.2. The molecule has 1 N–H and O–H groups in total. The Labute approximate surface area is 165 Å². The highest BCUT2D eigenvalue weighted by molar-refractivity contribution is 6.35. The third-order valence-corrected chi connectivity index (χ3v) is 4.86. The zero-order valence-electron chi connectivity index (χ0n) is 16.3. The number of hydrogen-bond acceptors (Lipinski definition) is 5. The molecule has 1 fully saturated rings. The van der Waals surface area contributed by atoms with Gasteiger partial charge in [-0.25, -0.2) is 9.97 Å². The maximum atomic E-state index is 12.4. The Bertz CT molecular complexity index is 779. The van der Waals surface area contributed by atoms with E-state index in [4.69, 9.17) is 0 Å². The first kappa shape index (κ1) is 19.8. The number of benzene rings is 1. The van der Waals surface area contributed by atoms with Gasteiger partial charge >= 0.3 is 11.8 Å². The Kier molecular flexibility index (Phi) is 6.94. The largest absolute Gasteiger partial charge is 0.340 e. The molecule has 0 bridgehead atoms. The summed E-state index contributed by atoms with van der Waals surface area (Å²) in [7, 11) is 0. The van der Waals surface area contributed by atoms with Gasteiger partial charge in [0.2, 0.25) is 0 Å². The van der Waals surface area contributed by atoms with E-state index in [2.05, 4.69) is 22.2 Å². The molecule has 2 amide bonds. The molecule has 148 valence electrons. The second kappa shape index (κ2) is 9.82. The summed E-state index contributed by atoms with van der Waals surface area (Å²) in [5, 5.41) is 3.19. The third kappa shape index (κ3) is 5.28. The smallest absolute Gasteiger partial charge is 0.312 e. The predicted molar refractivity (Wildman–Crippen MR) is 108 cm³/mol. The number of unbranched alkanes of at least 4 members (excludes halogenated alkanes) is 3. The molecule has 2 heterocycles. The molecule has 1 saturated heterocycles. The van der Waals surface area contributed by atoms with Gasteiger partial charge in [0.25, 0.3) is 0 Å². The number of rotatable bonds is 9. The summed E-state index contributed by atoms with van der Waals surface area (Å²) in [6.45, 7) is 4.49. The lowest BCUT2D eigenvalue weighted by atomic mass is 10.1. The normalized spacial score (nSPS) is 14.5. The molecule has 28 heavy (non-hydrogen) atoms. The first-order valence-corrected chi connectivity index (χ1v) is 9.87. The van der Waals surface area contributed by atoms with Gasteiger partial charge in [0, 0.05) is 38.1 Å². The zero-order valence-corrected chi connectivity index (χ0v) is 16.3. The van der Waals surface area contributed by atoms with Crippen molar-refractivity contribution in [3.63, 3.8) is 0 Å². The van der Waals surface area contributed by atoms with Gasteiger partial charge in [0.1, 0.15) is 12.1 Å². The van der Waals surface area contributed by atoms with Gasteiger partial charge in [0.15, 0.2) is 0 Å². The third-order valence-electron chi connectivity index (χ3n) is 4.86. The number of aromatic nitrogens is 2. The summed E-state index contributed by atoms with van der Waals surface area (Å²) >= 11 is 0. The number of hydrogen-bond donors (Lipinski definition) is 1. The number of nitrogens with zero attached hydrogens (tertiary/aromatic N) is 4. The number of nitrogens with one attached hydrogen (secondary N) is 1. The van der Waals surface area contributed by atoms with Crippen LogP contribution in [0, 0.1) is 0 Å². The minimum absolute atomic E-state index is 0.371. The van der Waals surface area contributed by atoms with Crippen LogP contribution in [-0.4, -0.2) is 51.2 Å². The molecule has 0 saturated carbocycles. The fourth-order valence-electron chi connectivity index (χ4n) is 3.24. The minimum atomic E-state index is -0.398. The summed E-state index contributed by atoms with van der Waals surface area (Å²) < 4.78 is 0. The molecule has 0 spiro atoms. The van der Waals surface area contributed by atoms with E-state index in [-0.39, 0.29) is 5.91 Å². The van der Waals surface area contributed by atoms with Crippen LogP contribution >= 0.6 is 0 Å². The van der Waals surface area contributed by atoms with Crippen molar-refractivity contribution < 1.29 is 9.59 Å². The van der Waals surface area contributed by atoms with Gasteiger partial charge in [-0.05, 0) is 30.2 Å². The van der Waals surface area contributed by atoms with Gasteiger partial charge in [-0.15, -0.1) is 0 Å². The monoisotopic (exact) mass is 381 g/mol. The number of anilines is 2. The van der Waals surface area contributed by atoms with E-state index in [1.54, 1.807) is 22.1 Å². The number of piperazine rings is 1. The second-order valence-electron chi connectivity index (χ2n) is 7.00. The topological polar surface area (TPSA) is 78.4 Å². The molecule has 0 atom stereocenters. The quantitative estimate of drug-likeness (QED) is 0.534. The molecule has 7 heteroatoms. The van der Waals surface area contributed by atoms with Crippen LogP contribution in [0.5, 0.6) is 0 Å². The molecular formula is C21H27N5O2. The van der Waals surface area contributed by atoms with Crippen LogP contribution in [0.15, 0.2) is 42.9 Å². The Morgan fingerprint density at radius 2 is 1.71 bits per heavy atom. The van der Waals surface area contributed by atoms with Crippen LogP contribution in [0.2, 0.25) is 0 Å². The van der Waals surface area contributed by atoms with E-state index in [1.807, 2.05) is 24.3 Å². The lowest BCUT2D eigenvalue weighted by Gasteiger charge is -2.33. The van der Waals surface area contributed by atoms with E-state index < -0.39 is 5.91 Å². The molecule has 1 aromatic heterocycles. The van der Waals surface area contributed by atoms with Gasteiger partial charge in [-0.3, -0.25) is 9.59 Å². The van der Waals surface area contributed by atoms with Crippen LogP contribution in [0.1, 0.15) is 38.2 Å². The van der Waals surface area contributed by atoms with Gasteiger partial charge in [-0.1, -0.05) is 38.3 Å². The fraction of sp³-hybridized carbons (Fsp3) is 0.429. The highest BCUT2D eigenvalue weighted by Gasteiger charge is 2.31. The van der Waals surface area contributed by atoms with E-state index in [0.29, 0.717) is 26.2 Å². The molecule has 3 rings (SSSR count). The maximum absolute atomic E-state index is 12.4. The molecule has 0 radical (unpaired) electrons. The second-order valence-corrected chi connectivity index (χ2v) is 7.00. The zero-order chi connectivity index (χ0) is 19.8. The first-order valence-electron chi connectivity index (χ1n) is 9.87. The van der Waals surface area contributed by atoms with E-state index in [0.717, 1.165) is 36.3 Å². The van der Waals surface area contributed by atoms with Crippen molar-refractivity contribution in [1.82, 2.24) is 19.8 Å². The van der Waals surface area contributed by atoms with Crippen LogP contribution in [0.3, 0.4) is 0 Å². The molecule has 1 aliphatic heterocycles. The lowest BCUT2D eigenvalue weighted by molar-refractivity contribution is -0.156. The van der Waals surface area contributed by atoms with Gasteiger partial charge < -0.3 is 15.1 Å². The Morgan fingerprint density at radius 1 is 0.964 bits per heavy atom. The van der Waals surface area contributed by atoms with Gasteiger partial charge in [-0.2, -0.15) is 0 Å². The molecule has 1 aliphatic rings. The van der Waals surface area contributed by atoms with Crippen LogP contribution < -0.4 is 5.32 Å². The molecule has 2 aromatic rings. The van der Waals surface area contributed by atoms with Gasteiger partial charge in [0.05, 0.1) is 0 Å². The van der Waals surface area contributed by atoms with Crippen LogP contribution in [-0.2, 0) is 16.1 Å². The molecule has 1 aromatic carbocycles. The van der Waals surface area contributed by atoms with Crippen molar-refractivity contribution in [1.29, 1.82) is 0 Å². The van der Waals surface area contributed by atoms with E-state index in [9.17, 15) is 9.59 Å². The minimum Gasteiger partial charge on any atom is -0.340 e. The van der Waals surface area contributed by atoms with Crippen LogP contribution in [0.25, 0.3) is 0 Å². The van der Waals surface area contributed by atoms with Crippen molar-refractivity contribution >= 4 is 23.3 Å². The van der Waals surface area contributed by atoms with Crippen molar-refractivity contribution in [3.05, 3.63) is 48.4 Å². The molecule has 7 nitrogen and oxygen atoms in total. The highest BCUT2D eigenvalue weighted by Crippen LogP contribution is 2.17. The Hall–Kier alpha value is -2.96. The predicted octanol–water partition coefficient (Wildman–Crippen LogP) is 2.97. The molecule has 0 aliphatic carbocycles. The molecular weight excluding hydrogens is 354 g/mol. The number of amides is 2.